The van der Waals surface area contributed by atoms with Crippen LogP contribution in [0.15, 0.2) is 48.7 Å². The summed E-state index contributed by atoms with van der Waals surface area (Å²) in [6.45, 7) is 11.6. The van der Waals surface area contributed by atoms with Crippen molar-refractivity contribution in [3.8, 4) is 11.5 Å². The first-order valence-electron chi connectivity index (χ1n) is 19.7. The van der Waals surface area contributed by atoms with Crippen LogP contribution in [0.5, 0.6) is 11.5 Å². The van der Waals surface area contributed by atoms with Gasteiger partial charge in [0.05, 0.1) is 36.1 Å². The van der Waals surface area contributed by atoms with E-state index >= 15 is 0 Å². The van der Waals surface area contributed by atoms with E-state index in [0.717, 1.165) is 67.3 Å². The quantitative estimate of drug-likeness (QED) is 0.0461. The standard InChI is InChI=1S/C27H34N8O4.2C7H10N2O.CH5N/c1-29-8-7-11-39-22-13-17(16-36)12-19-24(22)35(26(30-2)32-19)10-6-5-9-34-23-20(33-27(34)31-3)14-18(25(28)37)15-21(23)38-4;1-3-9-4-6(2)8-7(9)5-10;1-3-9-7(5-10)4-6(2)8-9;1-2/h5-6,12-16,29H,7-11H2,1-4H3,(H2,28,37)(H,30,32)(H,31,33);2*4-5H,3H2,1-2H3;2H2,1H3/b6-5+;;;. The lowest BCUT2D eigenvalue weighted by Gasteiger charge is -2.12. The van der Waals surface area contributed by atoms with Gasteiger partial charge in [0, 0.05) is 57.6 Å². The van der Waals surface area contributed by atoms with Crippen molar-refractivity contribution in [3.05, 3.63) is 82.7 Å². The molecule has 0 radical (unpaired) electrons. The Kier molecular flexibility index (Phi) is 19.3. The summed E-state index contributed by atoms with van der Waals surface area (Å²) in [5.41, 5.74) is 16.1. The number of ether oxygens (including phenoxy) is 2. The molecule has 0 fully saturated rings. The van der Waals surface area contributed by atoms with Crippen LogP contribution in [-0.2, 0) is 26.2 Å². The minimum Gasteiger partial charge on any atom is -0.494 e. The van der Waals surface area contributed by atoms with Gasteiger partial charge < -0.3 is 50.6 Å². The number of carbonyl (C=O) groups is 4. The van der Waals surface area contributed by atoms with E-state index in [1.54, 1.807) is 56.2 Å². The van der Waals surface area contributed by atoms with Gasteiger partial charge in [-0.25, -0.2) is 15.0 Å². The molecule has 19 nitrogen and oxygen atoms in total. The molecule has 0 aliphatic heterocycles. The van der Waals surface area contributed by atoms with E-state index in [9.17, 15) is 19.2 Å². The molecule has 0 atom stereocenters. The number of fused-ring (bicyclic) bond motifs is 2. The van der Waals surface area contributed by atoms with E-state index in [0.29, 0.717) is 76.8 Å². The topological polar surface area (TPSA) is 246 Å². The number of nitrogens with two attached hydrogens (primary N) is 2. The van der Waals surface area contributed by atoms with Crippen LogP contribution < -0.4 is 36.9 Å². The Labute approximate surface area is 355 Å². The Morgan fingerprint density at radius 3 is 1.89 bits per heavy atom. The largest absolute Gasteiger partial charge is 0.494 e. The molecule has 1 amide bonds. The summed E-state index contributed by atoms with van der Waals surface area (Å²) in [6, 6.07) is 8.56. The Morgan fingerprint density at radius 2 is 1.41 bits per heavy atom. The summed E-state index contributed by atoms with van der Waals surface area (Å²) in [6.07, 6.45) is 9.13. The first kappa shape index (κ1) is 48.5. The number of primary amides is 1. The average Bonchev–Trinajstić information content (AvgIpc) is 4.05. The highest BCUT2D eigenvalue weighted by Gasteiger charge is 2.18. The number of benzene rings is 2. The molecular weight excluding hydrogens is 783 g/mol. The number of methoxy groups -OCH3 is 1. The minimum atomic E-state index is -0.547. The maximum Gasteiger partial charge on any atom is 0.248 e. The average molecular weight is 842 g/mol. The third-order valence-electron chi connectivity index (χ3n) is 9.02. The van der Waals surface area contributed by atoms with Crippen molar-refractivity contribution in [2.24, 2.45) is 11.5 Å². The Balaban J connectivity index is 0.000000365. The zero-order valence-corrected chi connectivity index (χ0v) is 36.5. The van der Waals surface area contributed by atoms with Gasteiger partial charge in [0.15, 0.2) is 18.4 Å². The van der Waals surface area contributed by atoms with Crippen LogP contribution in [0, 0.1) is 13.8 Å². The molecule has 2 aromatic carbocycles. The van der Waals surface area contributed by atoms with Crippen molar-refractivity contribution < 1.29 is 28.7 Å². The number of hydrogen-bond donors (Lipinski definition) is 5. The summed E-state index contributed by atoms with van der Waals surface area (Å²) in [5.74, 6) is 2.36. The molecule has 0 bridgehead atoms. The molecule has 7 N–H and O–H groups in total. The maximum atomic E-state index is 11.8. The van der Waals surface area contributed by atoms with Crippen LogP contribution in [0.3, 0.4) is 0 Å². The Morgan fingerprint density at radius 1 is 0.787 bits per heavy atom. The van der Waals surface area contributed by atoms with Gasteiger partial charge in [0.2, 0.25) is 17.8 Å². The van der Waals surface area contributed by atoms with E-state index in [2.05, 4.69) is 41.7 Å². The van der Waals surface area contributed by atoms with Crippen LogP contribution in [0.1, 0.15) is 73.5 Å². The molecule has 328 valence electrons. The fourth-order valence-electron chi connectivity index (χ4n) is 6.31. The van der Waals surface area contributed by atoms with Gasteiger partial charge in [-0.05, 0) is 85.1 Å². The number of anilines is 2. The van der Waals surface area contributed by atoms with Crippen LogP contribution in [0.2, 0.25) is 0 Å². The zero-order chi connectivity index (χ0) is 45.1. The molecule has 6 rings (SSSR count). The number of hydrogen-bond acceptors (Lipinski definition) is 14. The number of aryl methyl sites for hydroxylation is 4. The highest BCUT2D eigenvalue weighted by atomic mass is 16.5. The minimum absolute atomic E-state index is 0.329. The molecule has 19 heteroatoms. The van der Waals surface area contributed by atoms with Gasteiger partial charge in [0.1, 0.15) is 34.5 Å². The van der Waals surface area contributed by atoms with E-state index in [4.69, 9.17) is 15.2 Å². The highest BCUT2D eigenvalue weighted by Crippen LogP contribution is 2.32. The molecule has 0 saturated heterocycles. The Hall–Kier alpha value is -6.86. The van der Waals surface area contributed by atoms with Gasteiger partial charge >= 0.3 is 0 Å². The molecule has 0 spiro atoms. The molecule has 6 aromatic rings. The van der Waals surface area contributed by atoms with Crippen molar-refractivity contribution in [1.29, 1.82) is 0 Å². The summed E-state index contributed by atoms with van der Waals surface area (Å²) < 4.78 is 19.1. The van der Waals surface area contributed by atoms with Gasteiger partial charge in [-0.1, -0.05) is 12.2 Å². The number of imidazole rings is 3. The smallest absolute Gasteiger partial charge is 0.248 e. The number of rotatable bonds is 18. The van der Waals surface area contributed by atoms with Crippen LogP contribution >= 0.6 is 0 Å². The van der Waals surface area contributed by atoms with Crippen molar-refractivity contribution >= 4 is 58.7 Å². The lowest BCUT2D eigenvalue weighted by molar-refractivity contribution is 0.0998. The number of allylic oxidation sites excluding steroid dienone is 2. The fourth-order valence-corrected chi connectivity index (χ4v) is 6.31. The summed E-state index contributed by atoms with van der Waals surface area (Å²) >= 11 is 0. The number of aldehydes is 3. The molecule has 61 heavy (non-hydrogen) atoms. The molecule has 4 aromatic heterocycles. The summed E-state index contributed by atoms with van der Waals surface area (Å²) in [7, 11) is 8.53. The van der Waals surface area contributed by atoms with Gasteiger partial charge in [-0.15, -0.1) is 0 Å². The third-order valence-corrected chi connectivity index (χ3v) is 9.02. The van der Waals surface area contributed by atoms with Crippen molar-refractivity contribution in [1.82, 2.24) is 43.8 Å². The molecule has 0 unspecified atom stereocenters. The van der Waals surface area contributed by atoms with E-state index < -0.39 is 5.91 Å². The van der Waals surface area contributed by atoms with E-state index in [-0.39, 0.29) is 0 Å². The van der Waals surface area contributed by atoms with Crippen molar-refractivity contribution in [2.45, 2.75) is 60.3 Å². The number of nitrogens with zero attached hydrogens (tertiary/aromatic N) is 8. The number of aromatic nitrogens is 8. The fraction of sp³-hybridized carbons (Fsp3) is 0.381. The van der Waals surface area contributed by atoms with Crippen molar-refractivity contribution in [2.75, 3.05) is 59.1 Å². The van der Waals surface area contributed by atoms with Crippen molar-refractivity contribution in [3.63, 3.8) is 0 Å². The lowest BCUT2D eigenvalue weighted by Crippen LogP contribution is -2.12. The number of amides is 1. The van der Waals surface area contributed by atoms with Gasteiger partial charge in [-0.3, -0.25) is 23.9 Å². The second kappa shape index (κ2) is 24.3. The maximum absolute atomic E-state index is 11.8. The second-order valence-corrected chi connectivity index (χ2v) is 13.1. The van der Waals surface area contributed by atoms with E-state index in [1.165, 1.54) is 7.05 Å². The van der Waals surface area contributed by atoms with E-state index in [1.807, 2.05) is 66.8 Å². The van der Waals surface area contributed by atoms with Crippen LogP contribution in [-0.4, -0.2) is 112 Å². The SMILES string of the molecule is CCn1cc(C)nc1C=O.CCn1nc(C)cc1C=O.CN.CNCCCOc1cc(C=O)cc2nc(NC)n(C/C=C/Cn3c(NC)nc4cc(C(N)=O)cc(OC)c43)c12. The Bertz CT molecular complexity index is 2350. The normalized spacial score (nSPS) is 10.6. The lowest BCUT2D eigenvalue weighted by atomic mass is 10.1. The van der Waals surface area contributed by atoms with Crippen LogP contribution in [0.4, 0.5) is 11.9 Å². The zero-order valence-electron chi connectivity index (χ0n) is 36.5. The number of carbonyl (C=O) groups excluding carboxylic acids is 4. The molecule has 0 saturated carbocycles. The van der Waals surface area contributed by atoms with Gasteiger partial charge in [-0.2, -0.15) is 5.10 Å². The summed E-state index contributed by atoms with van der Waals surface area (Å²) in [5, 5.41) is 13.4. The molecule has 0 aliphatic rings. The summed E-state index contributed by atoms with van der Waals surface area (Å²) in [4.78, 5) is 57.2. The monoisotopic (exact) mass is 841 g/mol. The first-order valence-corrected chi connectivity index (χ1v) is 19.7. The molecule has 0 aliphatic carbocycles. The predicted molar refractivity (Wildman–Crippen MR) is 238 cm³/mol. The van der Waals surface area contributed by atoms with Gasteiger partial charge in [0.25, 0.3) is 0 Å². The second-order valence-electron chi connectivity index (χ2n) is 13.1. The predicted octanol–water partition coefficient (Wildman–Crippen LogP) is 4.26. The third kappa shape index (κ3) is 12.3. The number of nitrogens with one attached hydrogen (secondary N) is 3. The first-order chi connectivity index (χ1) is 29.5. The molecular formula is C42H59N13O6. The molecule has 4 heterocycles. The van der Waals surface area contributed by atoms with Crippen LogP contribution in [0.25, 0.3) is 22.1 Å². The highest BCUT2D eigenvalue weighted by molar-refractivity contribution is 5.99.